The van der Waals surface area contributed by atoms with Gasteiger partial charge < -0.3 is 4.74 Å². The van der Waals surface area contributed by atoms with Crippen LogP contribution in [0.1, 0.15) is 37.3 Å². The number of allylic oxidation sites excluding steroid dienone is 1. The Hall–Kier alpha value is -2.09. The maximum atomic E-state index is 13.8. The molecule has 0 aromatic heterocycles. The molecule has 1 aliphatic rings. The third-order valence-corrected chi connectivity index (χ3v) is 4.90. The summed E-state index contributed by atoms with van der Waals surface area (Å²) in [6.45, 7) is 8.73. The first-order valence-corrected chi connectivity index (χ1v) is 8.75. The highest BCUT2D eigenvalue weighted by Crippen LogP contribution is 2.32. The van der Waals surface area contributed by atoms with Crippen LogP contribution in [0.3, 0.4) is 0 Å². The van der Waals surface area contributed by atoms with E-state index < -0.39 is 0 Å². The molecule has 0 aliphatic heterocycles. The minimum absolute atomic E-state index is 0.160. The van der Waals surface area contributed by atoms with E-state index in [1.165, 1.54) is 17.6 Å². The van der Waals surface area contributed by atoms with Crippen LogP contribution in [0, 0.1) is 18.7 Å². The van der Waals surface area contributed by atoms with Crippen LogP contribution in [-0.4, -0.2) is 6.61 Å². The molecule has 3 rings (SSSR count). The molecule has 1 unspecified atom stereocenters. The summed E-state index contributed by atoms with van der Waals surface area (Å²) in [7, 11) is 0. The third-order valence-electron chi connectivity index (χ3n) is 4.90. The van der Waals surface area contributed by atoms with E-state index in [-0.39, 0.29) is 5.82 Å². The number of hydrogen-bond acceptors (Lipinski definition) is 1. The van der Waals surface area contributed by atoms with Crippen LogP contribution in [-0.2, 0) is 6.42 Å². The molecule has 0 heterocycles. The van der Waals surface area contributed by atoms with Gasteiger partial charge in [0.1, 0.15) is 11.6 Å². The maximum absolute atomic E-state index is 13.8. The van der Waals surface area contributed by atoms with E-state index in [0.29, 0.717) is 11.5 Å². The van der Waals surface area contributed by atoms with Crippen molar-refractivity contribution in [3.63, 3.8) is 0 Å². The van der Waals surface area contributed by atoms with E-state index in [1.54, 1.807) is 13.0 Å². The zero-order chi connectivity index (χ0) is 17.1. The van der Waals surface area contributed by atoms with Gasteiger partial charge in [-0.3, -0.25) is 0 Å². The first kappa shape index (κ1) is 16.8. The smallest absolute Gasteiger partial charge is 0.126 e. The van der Waals surface area contributed by atoms with E-state index in [9.17, 15) is 4.39 Å². The van der Waals surface area contributed by atoms with Gasteiger partial charge in [0.15, 0.2) is 0 Å². The van der Waals surface area contributed by atoms with Crippen molar-refractivity contribution in [2.75, 3.05) is 6.61 Å². The van der Waals surface area contributed by atoms with E-state index >= 15 is 0 Å². The molecule has 0 spiro atoms. The average Bonchev–Trinajstić information content (AvgIpc) is 3.00. The predicted molar refractivity (Wildman–Crippen MR) is 97.9 cm³/mol. The molecule has 126 valence electrons. The molecule has 1 atom stereocenters. The molecule has 1 fully saturated rings. The van der Waals surface area contributed by atoms with Crippen LogP contribution in [0.5, 0.6) is 5.75 Å². The Morgan fingerprint density at radius 2 is 1.92 bits per heavy atom. The molecule has 2 heteroatoms. The molecular weight excluding hydrogens is 299 g/mol. The maximum Gasteiger partial charge on any atom is 0.126 e. The Balaban J connectivity index is 1.77. The van der Waals surface area contributed by atoms with Gasteiger partial charge in [-0.15, -0.1) is 0 Å². The normalized spacial score (nSPS) is 17.3. The molecule has 1 nitrogen and oxygen atoms in total. The third kappa shape index (κ3) is 3.69. The molecule has 0 radical (unpaired) electrons. The fourth-order valence-corrected chi connectivity index (χ4v) is 3.32. The van der Waals surface area contributed by atoms with Crippen LogP contribution in [0.25, 0.3) is 11.1 Å². The molecular formula is C22H25FO. The summed E-state index contributed by atoms with van der Waals surface area (Å²) in [4.78, 5) is 0. The van der Waals surface area contributed by atoms with Gasteiger partial charge in [-0.2, -0.15) is 0 Å². The second-order valence-electron chi connectivity index (χ2n) is 6.81. The quantitative estimate of drug-likeness (QED) is 0.604. The first-order valence-electron chi connectivity index (χ1n) is 8.75. The lowest BCUT2D eigenvalue weighted by Crippen LogP contribution is -2.09. The van der Waals surface area contributed by atoms with Crippen LogP contribution in [0.2, 0.25) is 0 Å². The highest BCUT2D eigenvalue weighted by atomic mass is 19.1. The van der Waals surface area contributed by atoms with E-state index in [2.05, 4.69) is 19.6 Å². The van der Waals surface area contributed by atoms with Crippen molar-refractivity contribution in [1.82, 2.24) is 0 Å². The number of hydrogen-bond donors (Lipinski definition) is 0. The molecule has 24 heavy (non-hydrogen) atoms. The first-order chi connectivity index (χ1) is 11.6. The Morgan fingerprint density at radius 3 is 2.58 bits per heavy atom. The van der Waals surface area contributed by atoms with Gasteiger partial charge in [0, 0.05) is 0 Å². The summed E-state index contributed by atoms with van der Waals surface area (Å²) in [5.41, 5.74) is 5.13. The zero-order valence-electron chi connectivity index (χ0n) is 14.6. The van der Waals surface area contributed by atoms with Crippen LogP contribution in [0.4, 0.5) is 4.39 Å². The lowest BCUT2D eigenvalue weighted by Gasteiger charge is -2.15. The number of ether oxygens (including phenoxy) is 1. The monoisotopic (exact) mass is 324 g/mol. The highest BCUT2D eigenvalue weighted by Gasteiger charge is 2.19. The summed E-state index contributed by atoms with van der Waals surface area (Å²) in [5, 5.41) is 0. The second kappa shape index (κ2) is 7.21. The zero-order valence-corrected chi connectivity index (χ0v) is 14.6. The Labute approximate surface area is 144 Å². The summed E-state index contributed by atoms with van der Waals surface area (Å²) < 4.78 is 19.9. The van der Waals surface area contributed by atoms with Crippen molar-refractivity contribution >= 4 is 0 Å². The van der Waals surface area contributed by atoms with Gasteiger partial charge in [0.25, 0.3) is 0 Å². The molecule has 0 bridgehead atoms. The fourth-order valence-electron chi connectivity index (χ4n) is 3.32. The van der Waals surface area contributed by atoms with Gasteiger partial charge in [-0.1, -0.05) is 37.3 Å². The average molecular weight is 324 g/mol. The van der Waals surface area contributed by atoms with E-state index in [1.807, 2.05) is 24.3 Å². The van der Waals surface area contributed by atoms with Crippen molar-refractivity contribution in [1.29, 1.82) is 0 Å². The predicted octanol–water partition coefficient (Wildman–Crippen LogP) is 6.10. The Kier molecular flexibility index (Phi) is 5.03. The standard InChI is InChI=1S/C22H25FO/c1-4-18-12-19(20-8-6-16(3)21(23)13-20)9-10-22(18)24-14-17-7-5-15(2)11-17/h6,8-10,12-13,17H,2,4-5,7,11,14H2,1,3H3. The van der Waals surface area contributed by atoms with Crippen LogP contribution < -0.4 is 4.74 Å². The summed E-state index contributed by atoms with van der Waals surface area (Å²) in [6.07, 6.45) is 4.30. The van der Waals surface area contributed by atoms with Crippen molar-refractivity contribution in [3.05, 3.63) is 65.5 Å². The molecule has 0 amide bonds. The largest absolute Gasteiger partial charge is 0.493 e. The summed E-state index contributed by atoms with van der Waals surface area (Å²) >= 11 is 0. The SMILES string of the molecule is C=C1CCC(COc2ccc(-c3ccc(C)c(F)c3)cc2CC)C1. The lowest BCUT2D eigenvalue weighted by molar-refractivity contribution is 0.252. The van der Waals surface area contributed by atoms with Gasteiger partial charge >= 0.3 is 0 Å². The van der Waals surface area contributed by atoms with Gasteiger partial charge in [0.2, 0.25) is 0 Å². The van der Waals surface area contributed by atoms with Gasteiger partial charge in [-0.05, 0) is 79.0 Å². The summed E-state index contributed by atoms with van der Waals surface area (Å²) in [5.74, 6) is 1.38. The van der Waals surface area contributed by atoms with Crippen LogP contribution >= 0.6 is 0 Å². The highest BCUT2D eigenvalue weighted by molar-refractivity contribution is 5.66. The van der Waals surface area contributed by atoms with Crippen molar-refractivity contribution in [2.45, 2.75) is 39.5 Å². The Morgan fingerprint density at radius 1 is 1.17 bits per heavy atom. The Bertz CT molecular complexity index is 748. The number of rotatable bonds is 5. The molecule has 1 saturated carbocycles. The van der Waals surface area contributed by atoms with Crippen molar-refractivity contribution < 1.29 is 9.13 Å². The molecule has 0 N–H and O–H groups in total. The fraction of sp³-hybridized carbons (Fsp3) is 0.364. The molecule has 2 aromatic rings. The minimum Gasteiger partial charge on any atom is -0.493 e. The van der Waals surface area contributed by atoms with E-state index in [4.69, 9.17) is 4.74 Å². The molecule has 1 aliphatic carbocycles. The molecule has 2 aromatic carbocycles. The van der Waals surface area contributed by atoms with Crippen LogP contribution in [0.15, 0.2) is 48.6 Å². The van der Waals surface area contributed by atoms with Gasteiger partial charge in [-0.25, -0.2) is 4.39 Å². The minimum atomic E-state index is -0.160. The van der Waals surface area contributed by atoms with E-state index in [0.717, 1.165) is 42.7 Å². The second-order valence-corrected chi connectivity index (χ2v) is 6.81. The van der Waals surface area contributed by atoms with Gasteiger partial charge in [0.05, 0.1) is 6.61 Å². The number of benzene rings is 2. The number of aryl methyl sites for hydroxylation is 2. The summed E-state index contributed by atoms with van der Waals surface area (Å²) in [6, 6.07) is 11.6. The van der Waals surface area contributed by atoms with Crippen molar-refractivity contribution in [2.24, 2.45) is 5.92 Å². The topological polar surface area (TPSA) is 9.23 Å². The lowest BCUT2D eigenvalue weighted by atomic mass is 10.00. The van der Waals surface area contributed by atoms with Crippen molar-refractivity contribution in [3.8, 4) is 16.9 Å². The number of halogens is 1. The molecule has 0 saturated heterocycles.